The highest BCUT2D eigenvalue weighted by atomic mass is 16.3. The van der Waals surface area contributed by atoms with Crippen LogP contribution < -0.4 is 10.6 Å². The van der Waals surface area contributed by atoms with E-state index in [1.54, 1.807) is 12.1 Å². The van der Waals surface area contributed by atoms with Gasteiger partial charge in [-0.25, -0.2) is 0 Å². The number of amides is 2. The van der Waals surface area contributed by atoms with Gasteiger partial charge in [0.05, 0.1) is 6.26 Å². The Morgan fingerprint density at radius 1 is 1.15 bits per heavy atom. The molecular formula is C21H29N3O3. The second kappa shape index (κ2) is 9.92. The summed E-state index contributed by atoms with van der Waals surface area (Å²) < 4.78 is 5.09. The first-order chi connectivity index (χ1) is 12.9. The molecule has 1 aromatic carbocycles. The van der Waals surface area contributed by atoms with Crippen LogP contribution in [0.2, 0.25) is 0 Å². The molecule has 0 bridgehead atoms. The van der Waals surface area contributed by atoms with Gasteiger partial charge in [-0.2, -0.15) is 0 Å². The molecule has 27 heavy (non-hydrogen) atoms. The van der Waals surface area contributed by atoms with Crippen LogP contribution in [0.4, 0.5) is 0 Å². The Labute approximate surface area is 160 Å². The highest BCUT2D eigenvalue weighted by Crippen LogP contribution is 2.09. The fourth-order valence-corrected chi connectivity index (χ4v) is 2.72. The first-order valence-corrected chi connectivity index (χ1v) is 9.29. The minimum Gasteiger partial charge on any atom is -0.459 e. The van der Waals surface area contributed by atoms with E-state index in [2.05, 4.69) is 41.6 Å². The van der Waals surface area contributed by atoms with Gasteiger partial charge in [0.1, 0.15) is 6.04 Å². The molecule has 0 saturated heterocycles. The van der Waals surface area contributed by atoms with Crippen molar-refractivity contribution in [3.8, 4) is 0 Å². The molecule has 2 aromatic rings. The van der Waals surface area contributed by atoms with Crippen molar-refractivity contribution in [3.05, 3.63) is 59.5 Å². The Morgan fingerprint density at radius 3 is 2.52 bits per heavy atom. The number of rotatable bonds is 9. The standard InChI is InChI=1S/C21H29N3O3/c1-5-24(4)14-17-9-6-8-16(12-17)13-22-21(26)19(15(2)3)23-20(25)18-10-7-11-27-18/h6-12,15,19H,5,13-14H2,1-4H3,(H,22,26)(H,23,25). The summed E-state index contributed by atoms with van der Waals surface area (Å²) >= 11 is 0. The van der Waals surface area contributed by atoms with Crippen LogP contribution in [0, 0.1) is 5.92 Å². The maximum atomic E-state index is 12.6. The first-order valence-electron chi connectivity index (χ1n) is 9.29. The van der Waals surface area contributed by atoms with Gasteiger partial charge in [-0.1, -0.05) is 45.0 Å². The number of nitrogens with zero attached hydrogens (tertiary/aromatic N) is 1. The van der Waals surface area contributed by atoms with E-state index >= 15 is 0 Å². The van der Waals surface area contributed by atoms with Crippen molar-refractivity contribution in [3.63, 3.8) is 0 Å². The van der Waals surface area contributed by atoms with Crippen molar-refractivity contribution in [1.29, 1.82) is 0 Å². The largest absolute Gasteiger partial charge is 0.459 e. The average molecular weight is 371 g/mol. The van der Waals surface area contributed by atoms with Crippen LogP contribution in [0.1, 0.15) is 42.5 Å². The lowest BCUT2D eigenvalue weighted by Crippen LogP contribution is -2.49. The molecule has 0 fully saturated rings. The molecule has 1 aromatic heterocycles. The number of hydrogen-bond donors (Lipinski definition) is 2. The smallest absolute Gasteiger partial charge is 0.287 e. The lowest BCUT2D eigenvalue weighted by Gasteiger charge is -2.21. The summed E-state index contributed by atoms with van der Waals surface area (Å²) in [6.07, 6.45) is 1.43. The SMILES string of the molecule is CCN(C)Cc1cccc(CNC(=O)C(NC(=O)c2ccco2)C(C)C)c1. The molecule has 0 aliphatic rings. The van der Waals surface area contributed by atoms with Crippen molar-refractivity contribution in [1.82, 2.24) is 15.5 Å². The zero-order chi connectivity index (χ0) is 19.8. The van der Waals surface area contributed by atoms with Crippen molar-refractivity contribution in [2.24, 2.45) is 5.92 Å². The van der Waals surface area contributed by atoms with Gasteiger partial charge in [0.25, 0.3) is 5.91 Å². The van der Waals surface area contributed by atoms with Crippen molar-refractivity contribution >= 4 is 11.8 Å². The molecule has 6 heteroatoms. The maximum absolute atomic E-state index is 12.6. The molecule has 0 radical (unpaired) electrons. The van der Waals surface area contributed by atoms with E-state index in [9.17, 15) is 9.59 Å². The lowest BCUT2D eigenvalue weighted by atomic mass is 10.0. The molecule has 0 aliphatic heterocycles. The molecule has 6 nitrogen and oxygen atoms in total. The van der Waals surface area contributed by atoms with Gasteiger partial charge < -0.3 is 20.0 Å². The van der Waals surface area contributed by atoms with E-state index < -0.39 is 11.9 Å². The molecule has 2 amide bonds. The molecule has 1 unspecified atom stereocenters. The van der Waals surface area contributed by atoms with Crippen LogP contribution in [0.25, 0.3) is 0 Å². The van der Waals surface area contributed by atoms with Gasteiger partial charge in [0.2, 0.25) is 5.91 Å². The van der Waals surface area contributed by atoms with Crippen molar-refractivity contribution < 1.29 is 14.0 Å². The highest BCUT2D eigenvalue weighted by Gasteiger charge is 2.25. The van der Waals surface area contributed by atoms with E-state index in [-0.39, 0.29) is 17.6 Å². The quantitative estimate of drug-likeness (QED) is 0.711. The third-order valence-electron chi connectivity index (χ3n) is 4.43. The normalized spacial score (nSPS) is 12.2. The Bertz CT molecular complexity index is 741. The summed E-state index contributed by atoms with van der Waals surface area (Å²) in [6, 6.07) is 10.7. The number of benzene rings is 1. The van der Waals surface area contributed by atoms with Crippen LogP contribution in [-0.4, -0.2) is 36.3 Å². The summed E-state index contributed by atoms with van der Waals surface area (Å²) in [5.74, 6) is -0.450. The molecule has 2 N–H and O–H groups in total. The van der Waals surface area contributed by atoms with E-state index in [1.165, 1.54) is 11.8 Å². The predicted octanol–water partition coefficient (Wildman–Crippen LogP) is 2.80. The van der Waals surface area contributed by atoms with E-state index in [0.29, 0.717) is 6.54 Å². The molecular weight excluding hydrogens is 342 g/mol. The monoisotopic (exact) mass is 371 g/mol. The van der Waals surface area contributed by atoms with Gasteiger partial charge in [-0.3, -0.25) is 9.59 Å². The second-order valence-electron chi connectivity index (χ2n) is 7.04. The summed E-state index contributed by atoms with van der Waals surface area (Å²) in [5.41, 5.74) is 2.24. The molecule has 0 spiro atoms. The van der Waals surface area contributed by atoms with Crippen LogP contribution in [0.15, 0.2) is 47.1 Å². The number of furan rings is 1. The number of carbonyl (C=O) groups excluding carboxylic acids is 2. The number of carbonyl (C=O) groups is 2. The first kappa shape index (κ1) is 20.7. The Hall–Kier alpha value is -2.60. The Morgan fingerprint density at radius 2 is 1.89 bits per heavy atom. The van der Waals surface area contributed by atoms with Crippen LogP contribution >= 0.6 is 0 Å². The fraction of sp³-hybridized carbons (Fsp3) is 0.429. The second-order valence-corrected chi connectivity index (χ2v) is 7.04. The molecule has 1 heterocycles. The van der Waals surface area contributed by atoms with Crippen molar-refractivity contribution in [2.75, 3.05) is 13.6 Å². The molecule has 0 aliphatic carbocycles. The van der Waals surface area contributed by atoms with Gasteiger partial charge >= 0.3 is 0 Å². The molecule has 0 saturated carbocycles. The molecule has 2 rings (SSSR count). The van der Waals surface area contributed by atoms with Gasteiger partial charge in [-0.05, 0) is 42.8 Å². The molecule has 146 valence electrons. The van der Waals surface area contributed by atoms with Gasteiger partial charge in [0.15, 0.2) is 5.76 Å². The van der Waals surface area contributed by atoms with E-state index in [0.717, 1.165) is 18.7 Å². The molecule has 1 atom stereocenters. The number of hydrogen-bond acceptors (Lipinski definition) is 4. The minimum absolute atomic E-state index is 0.0477. The Balaban J connectivity index is 1.95. The van der Waals surface area contributed by atoms with E-state index in [4.69, 9.17) is 4.42 Å². The number of nitrogens with one attached hydrogen (secondary N) is 2. The van der Waals surface area contributed by atoms with Crippen LogP contribution in [0.3, 0.4) is 0 Å². The summed E-state index contributed by atoms with van der Waals surface area (Å²) in [5, 5.41) is 5.68. The topological polar surface area (TPSA) is 74.6 Å². The van der Waals surface area contributed by atoms with Gasteiger partial charge in [-0.15, -0.1) is 0 Å². The lowest BCUT2D eigenvalue weighted by molar-refractivity contribution is -0.124. The predicted molar refractivity (Wildman–Crippen MR) is 105 cm³/mol. The summed E-state index contributed by atoms with van der Waals surface area (Å²) in [7, 11) is 2.07. The van der Waals surface area contributed by atoms with E-state index in [1.807, 2.05) is 26.0 Å². The Kier molecular flexibility index (Phi) is 7.61. The van der Waals surface area contributed by atoms with Gasteiger partial charge in [0, 0.05) is 13.1 Å². The zero-order valence-electron chi connectivity index (χ0n) is 16.5. The maximum Gasteiger partial charge on any atom is 0.287 e. The minimum atomic E-state index is -0.628. The summed E-state index contributed by atoms with van der Waals surface area (Å²) in [6.45, 7) is 8.18. The van der Waals surface area contributed by atoms with Crippen molar-refractivity contribution in [2.45, 2.75) is 39.9 Å². The van der Waals surface area contributed by atoms with Crippen LogP contribution in [-0.2, 0) is 17.9 Å². The third kappa shape index (κ3) is 6.25. The average Bonchev–Trinajstić information content (AvgIpc) is 3.18. The zero-order valence-corrected chi connectivity index (χ0v) is 16.5. The van der Waals surface area contributed by atoms with Crippen LogP contribution in [0.5, 0.6) is 0 Å². The summed E-state index contributed by atoms with van der Waals surface area (Å²) in [4.78, 5) is 27.0. The fourth-order valence-electron chi connectivity index (χ4n) is 2.72. The third-order valence-corrected chi connectivity index (χ3v) is 4.43. The highest BCUT2D eigenvalue weighted by molar-refractivity contribution is 5.95.